The fourth-order valence-electron chi connectivity index (χ4n) is 3.81. The zero-order chi connectivity index (χ0) is 22.6. The molecule has 0 saturated carbocycles. The van der Waals surface area contributed by atoms with Crippen LogP contribution in [0.1, 0.15) is 23.2 Å². The fraction of sp³-hybridized carbons (Fsp3) is 0.250. The van der Waals surface area contributed by atoms with E-state index in [-0.39, 0.29) is 5.56 Å². The van der Waals surface area contributed by atoms with Gasteiger partial charge in [0, 0.05) is 42.8 Å². The Kier molecular flexibility index (Phi) is 6.03. The average molecular weight is 448 g/mol. The smallest absolute Gasteiger partial charge is 0.263 e. The first-order valence-electron chi connectivity index (χ1n) is 10.7. The lowest BCUT2D eigenvalue weighted by molar-refractivity contribution is 0.123. The molecule has 0 unspecified atom stereocenters. The van der Waals surface area contributed by atoms with Gasteiger partial charge in [-0.15, -0.1) is 0 Å². The van der Waals surface area contributed by atoms with Crippen LogP contribution in [0.15, 0.2) is 66.0 Å². The Morgan fingerprint density at radius 1 is 1.09 bits per heavy atom. The largest absolute Gasteiger partial charge is 0.378 e. The van der Waals surface area contributed by atoms with Crippen LogP contribution in [0.5, 0.6) is 0 Å². The molecule has 1 saturated heterocycles. The second-order valence-corrected chi connectivity index (χ2v) is 7.69. The lowest BCUT2D eigenvalue weighted by atomic mass is 10.1. The van der Waals surface area contributed by atoms with E-state index in [0.717, 1.165) is 41.4 Å². The summed E-state index contributed by atoms with van der Waals surface area (Å²) >= 11 is 0. The molecule has 7 nitrogen and oxygen atoms in total. The van der Waals surface area contributed by atoms with Crippen molar-refractivity contribution >= 4 is 17.5 Å². The van der Waals surface area contributed by atoms with Crippen molar-refractivity contribution < 1.29 is 13.5 Å². The molecule has 33 heavy (non-hydrogen) atoms. The van der Waals surface area contributed by atoms with Gasteiger partial charge in [0.2, 0.25) is 0 Å². The van der Waals surface area contributed by atoms with Crippen LogP contribution in [0.4, 0.5) is 14.5 Å². The van der Waals surface area contributed by atoms with Crippen molar-refractivity contribution in [2.75, 3.05) is 31.2 Å². The Bertz CT molecular complexity index is 1270. The van der Waals surface area contributed by atoms with E-state index in [1.807, 2.05) is 24.4 Å². The molecule has 4 aromatic rings. The molecule has 1 aromatic carbocycles. The van der Waals surface area contributed by atoms with Gasteiger partial charge in [-0.1, -0.05) is 18.2 Å². The molecule has 0 amide bonds. The number of hydrogen-bond donors (Lipinski definition) is 0. The number of anilines is 1. The molecule has 1 aliphatic heterocycles. The van der Waals surface area contributed by atoms with E-state index in [1.165, 1.54) is 12.1 Å². The summed E-state index contributed by atoms with van der Waals surface area (Å²) in [5.41, 5.74) is 4.87. The molecule has 0 radical (unpaired) electrons. The Morgan fingerprint density at radius 2 is 1.91 bits per heavy atom. The number of benzene rings is 1. The molecule has 4 heterocycles. The van der Waals surface area contributed by atoms with E-state index < -0.39 is 6.43 Å². The van der Waals surface area contributed by atoms with E-state index in [2.05, 4.69) is 14.9 Å². The number of aromatic nitrogens is 4. The Hall–Kier alpha value is -3.72. The van der Waals surface area contributed by atoms with E-state index in [1.54, 1.807) is 35.3 Å². The van der Waals surface area contributed by atoms with Gasteiger partial charge < -0.3 is 9.64 Å². The fourth-order valence-corrected chi connectivity index (χ4v) is 3.81. The van der Waals surface area contributed by atoms with E-state index in [4.69, 9.17) is 14.8 Å². The SMILES string of the molecule is FC(F)c1cccc(C=NCc2cc(N3CCOCC3)c3nc(-c4ccncc4)cn3n2)c1. The molecule has 0 bridgehead atoms. The Labute approximate surface area is 189 Å². The van der Waals surface area contributed by atoms with Crippen LogP contribution in [0.25, 0.3) is 16.9 Å². The first-order valence-corrected chi connectivity index (χ1v) is 10.7. The van der Waals surface area contributed by atoms with Crippen LogP contribution in [0.3, 0.4) is 0 Å². The second-order valence-electron chi connectivity index (χ2n) is 7.69. The third kappa shape index (κ3) is 4.73. The summed E-state index contributed by atoms with van der Waals surface area (Å²) in [5, 5.41) is 4.70. The lowest BCUT2D eigenvalue weighted by Crippen LogP contribution is -2.36. The van der Waals surface area contributed by atoms with Gasteiger partial charge >= 0.3 is 0 Å². The number of aliphatic imine (C=N–C) groups is 1. The van der Waals surface area contributed by atoms with Crippen LogP contribution in [-0.2, 0) is 11.3 Å². The number of ether oxygens (including phenoxy) is 1. The van der Waals surface area contributed by atoms with Gasteiger partial charge in [-0.05, 0) is 29.8 Å². The summed E-state index contributed by atoms with van der Waals surface area (Å²) in [4.78, 5) is 15.6. The van der Waals surface area contributed by atoms with Crippen LogP contribution in [0.2, 0.25) is 0 Å². The predicted octanol–water partition coefficient (Wildman–Crippen LogP) is 4.18. The van der Waals surface area contributed by atoms with Crippen molar-refractivity contribution in [3.05, 3.63) is 77.9 Å². The number of morpholine rings is 1. The quantitative estimate of drug-likeness (QED) is 0.414. The molecule has 5 rings (SSSR count). The molecule has 0 spiro atoms. The van der Waals surface area contributed by atoms with E-state index in [0.29, 0.717) is 25.3 Å². The van der Waals surface area contributed by atoms with E-state index in [9.17, 15) is 8.78 Å². The molecule has 0 aliphatic carbocycles. The van der Waals surface area contributed by atoms with Gasteiger partial charge in [0.05, 0.1) is 43.0 Å². The van der Waals surface area contributed by atoms with Gasteiger partial charge in [0.25, 0.3) is 6.43 Å². The summed E-state index contributed by atoms with van der Waals surface area (Å²) in [5.74, 6) is 0. The summed E-state index contributed by atoms with van der Waals surface area (Å²) < 4.78 is 33.2. The first kappa shape index (κ1) is 21.1. The zero-order valence-corrected chi connectivity index (χ0v) is 17.8. The van der Waals surface area contributed by atoms with Crippen molar-refractivity contribution in [3.8, 4) is 11.3 Å². The number of halogens is 2. The summed E-state index contributed by atoms with van der Waals surface area (Å²) in [7, 11) is 0. The highest BCUT2D eigenvalue weighted by molar-refractivity contribution is 5.80. The zero-order valence-electron chi connectivity index (χ0n) is 17.8. The molecular weight excluding hydrogens is 426 g/mol. The average Bonchev–Trinajstić information content (AvgIpc) is 3.29. The Balaban J connectivity index is 1.47. The molecule has 1 fully saturated rings. The van der Waals surface area contributed by atoms with Crippen LogP contribution in [-0.4, -0.2) is 52.1 Å². The third-order valence-corrected chi connectivity index (χ3v) is 5.44. The highest BCUT2D eigenvalue weighted by Gasteiger charge is 2.18. The molecule has 3 aromatic heterocycles. The maximum Gasteiger partial charge on any atom is 0.263 e. The minimum Gasteiger partial charge on any atom is -0.378 e. The molecule has 1 aliphatic rings. The topological polar surface area (TPSA) is 67.9 Å². The van der Waals surface area contributed by atoms with Crippen LogP contribution in [0, 0.1) is 0 Å². The highest BCUT2D eigenvalue weighted by atomic mass is 19.3. The van der Waals surface area contributed by atoms with Crippen molar-refractivity contribution in [1.29, 1.82) is 0 Å². The Morgan fingerprint density at radius 3 is 2.70 bits per heavy atom. The lowest BCUT2D eigenvalue weighted by Gasteiger charge is -2.29. The van der Waals surface area contributed by atoms with Gasteiger partial charge in [-0.25, -0.2) is 18.3 Å². The monoisotopic (exact) mass is 448 g/mol. The number of nitrogens with zero attached hydrogens (tertiary/aromatic N) is 6. The maximum absolute atomic E-state index is 12.9. The second kappa shape index (κ2) is 9.41. The van der Waals surface area contributed by atoms with Gasteiger partial charge in [0.15, 0.2) is 5.65 Å². The number of pyridine rings is 1. The normalized spacial score (nSPS) is 14.6. The molecule has 0 atom stereocenters. The minimum atomic E-state index is -2.51. The van der Waals surface area contributed by atoms with Crippen molar-refractivity contribution in [2.45, 2.75) is 13.0 Å². The summed E-state index contributed by atoms with van der Waals surface area (Å²) in [6, 6.07) is 12.0. The highest BCUT2D eigenvalue weighted by Crippen LogP contribution is 2.26. The van der Waals surface area contributed by atoms with Gasteiger partial charge in [0.1, 0.15) is 0 Å². The number of hydrogen-bond acceptors (Lipinski definition) is 6. The molecule has 0 N–H and O–H groups in total. The summed E-state index contributed by atoms with van der Waals surface area (Å²) in [6.07, 6.45) is 4.46. The van der Waals surface area contributed by atoms with Crippen molar-refractivity contribution in [3.63, 3.8) is 0 Å². The molecule has 168 valence electrons. The molecular formula is C24H22F2N6O. The van der Waals surface area contributed by atoms with E-state index >= 15 is 0 Å². The third-order valence-electron chi connectivity index (χ3n) is 5.44. The number of alkyl halides is 2. The van der Waals surface area contributed by atoms with Crippen LogP contribution >= 0.6 is 0 Å². The number of fused-ring (bicyclic) bond motifs is 1. The number of rotatable bonds is 6. The van der Waals surface area contributed by atoms with Crippen molar-refractivity contribution in [2.24, 2.45) is 4.99 Å². The van der Waals surface area contributed by atoms with Gasteiger partial charge in [-0.3, -0.25) is 9.98 Å². The summed E-state index contributed by atoms with van der Waals surface area (Å²) in [6.45, 7) is 3.15. The van der Waals surface area contributed by atoms with Gasteiger partial charge in [-0.2, -0.15) is 5.10 Å². The molecule has 9 heteroatoms. The number of imidazole rings is 1. The maximum atomic E-state index is 12.9. The minimum absolute atomic E-state index is 0.0184. The predicted molar refractivity (Wildman–Crippen MR) is 122 cm³/mol. The first-order chi connectivity index (χ1) is 16.2. The standard InChI is InChI=1S/C24H22F2N6O/c25-23(26)19-3-1-2-17(12-19)14-28-15-20-13-22(31-8-10-33-11-9-31)24-29-21(16-32(24)30-20)18-4-6-27-7-5-18/h1-7,12-14,16,23H,8-11,15H2. The van der Waals surface area contributed by atoms with Crippen molar-refractivity contribution in [1.82, 2.24) is 19.6 Å². The van der Waals surface area contributed by atoms with Crippen LogP contribution < -0.4 is 4.90 Å².